The number of benzene rings is 2. The summed E-state index contributed by atoms with van der Waals surface area (Å²) in [5.74, 6) is 0.377. The molecular formula is C19H19NO. The van der Waals surface area contributed by atoms with Crippen LogP contribution in [0.2, 0.25) is 0 Å². The lowest BCUT2D eigenvalue weighted by Crippen LogP contribution is -2.01. The van der Waals surface area contributed by atoms with E-state index in [1.54, 1.807) is 0 Å². The molecule has 0 unspecified atom stereocenters. The Kier molecular flexibility index (Phi) is 3.53. The molecule has 0 aliphatic carbocycles. The van der Waals surface area contributed by atoms with Gasteiger partial charge in [0.2, 0.25) is 0 Å². The first kappa shape index (κ1) is 13.5. The Morgan fingerprint density at radius 2 is 1.90 bits per heavy atom. The van der Waals surface area contributed by atoms with Crippen molar-refractivity contribution in [2.45, 2.75) is 19.9 Å². The fourth-order valence-corrected chi connectivity index (χ4v) is 2.79. The molecule has 2 aromatic carbocycles. The zero-order valence-corrected chi connectivity index (χ0v) is 12.2. The maximum atomic E-state index is 10.4. The van der Waals surface area contributed by atoms with Crippen LogP contribution in [0.25, 0.3) is 10.9 Å². The summed E-state index contributed by atoms with van der Waals surface area (Å²) in [4.78, 5) is 0. The zero-order chi connectivity index (χ0) is 14.8. The predicted molar refractivity (Wildman–Crippen MR) is 87.8 cm³/mol. The van der Waals surface area contributed by atoms with Crippen molar-refractivity contribution in [2.75, 3.05) is 0 Å². The van der Waals surface area contributed by atoms with Gasteiger partial charge in [-0.2, -0.15) is 0 Å². The summed E-state index contributed by atoms with van der Waals surface area (Å²) >= 11 is 0. The number of fused-ring (bicyclic) bond motifs is 1. The summed E-state index contributed by atoms with van der Waals surface area (Å²) in [7, 11) is 0. The maximum Gasteiger partial charge on any atom is 0.128 e. The minimum absolute atomic E-state index is 0.377. The average Bonchev–Trinajstić information content (AvgIpc) is 2.81. The first-order valence-electron chi connectivity index (χ1n) is 7.16. The first-order valence-corrected chi connectivity index (χ1v) is 7.16. The normalized spacial score (nSPS) is 10.9. The minimum Gasteiger partial charge on any atom is -0.507 e. The Morgan fingerprint density at radius 3 is 2.62 bits per heavy atom. The fraction of sp³-hybridized carbons (Fsp3) is 0.158. The second-order valence-corrected chi connectivity index (χ2v) is 5.36. The third kappa shape index (κ3) is 2.45. The van der Waals surface area contributed by atoms with Crippen molar-refractivity contribution in [2.24, 2.45) is 0 Å². The van der Waals surface area contributed by atoms with E-state index in [2.05, 4.69) is 54.5 Å². The third-order valence-electron chi connectivity index (χ3n) is 3.90. The van der Waals surface area contributed by atoms with Gasteiger partial charge in [0.1, 0.15) is 5.75 Å². The van der Waals surface area contributed by atoms with E-state index in [-0.39, 0.29) is 0 Å². The van der Waals surface area contributed by atoms with Crippen molar-refractivity contribution in [3.05, 3.63) is 78.0 Å². The van der Waals surface area contributed by atoms with E-state index in [0.717, 1.165) is 28.7 Å². The smallest absolute Gasteiger partial charge is 0.128 e. The van der Waals surface area contributed by atoms with E-state index in [0.29, 0.717) is 12.2 Å². The van der Waals surface area contributed by atoms with E-state index < -0.39 is 0 Å². The van der Waals surface area contributed by atoms with Crippen LogP contribution >= 0.6 is 0 Å². The predicted octanol–water partition coefficient (Wildman–Crippen LogP) is 4.43. The van der Waals surface area contributed by atoms with E-state index in [9.17, 15) is 5.11 Å². The van der Waals surface area contributed by atoms with Crippen molar-refractivity contribution in [3.8, 4) is 5.75 Å². The molecule has 2 nitrogen and oxygen atoms in total. The second-order valence-electron chi connectivity index (χ2n) is 5.36. The van der Waals surface area contributed by atoms with Crippen LogP contribution in [0.4, 0.5) is 0 Å². The van der Waals surface area contributed by atoms with Crippen LogP contribution in [0.1, 0.15) is 16.8 Å². The molecule has 0 spiro atoms. The Morgan fingerprint density at radius 1 is 1.14 bits per heavy atom. The number of aryl methyl sites for hydroxylation is 1. The highest BCUT2D eigenvalue weighted by molar-refractivity contribution is 5.88. The Bertz CT molecular complexity index is 784. The van der Waals surface area contributed by atoms with Gasteiger partial charge in [-0.3, -0.25) is 0 Å². The Balaban J connectivity index is 2.09. The number of phenols is 1. The second kappa shape index (κ2) is 5.49. The average molecular weight is 277 g/mol. The van der Waals surface area contributed by atoms with Crippen LogP contribution in [0, 0.1) is 6.92 Å². The van der Waals surface area contributed by atoms with Crippen molar-refractivity contribution in [1.82, 2.24) is 4.57 Å². The van der Waals surface area contributed by atoms with Crippen LogP contribution in [-0.2, 0) is 13.0 Å². The summed E-state index contributed by atoms with van der Waals surface area (Å²) in [6.07, 6.45) is 2.50. The molecule has 0 bridgehead atoms. The molecule has 0 saturated carbocycles. The van der Waals surface area contributed by atoms with Crippen LogP contribution < -0.4 is 0 Å². The molecule has 21 heavy (non-hydrogen) atoms. The third-order valence-corrected chi connectivity index (χ3v) is 3.90. The maximum absolute atomic E-state index is 10.4. The lowest BCUT2D eigenvalue weighted by Gasteiger charge is -2.09. The quantitative estimate of drug-likeness (QED) is 0.701. The van der Waals surface area contributed by atoms with Crippen molar-refractivity contribution in [3.63, 3.8) is 0 Å². The largest absolute Gasteiger partial charge is 0.507 e. The molecule has 0 radical (unpaired) electrons. The first-order chi connectivity index (χ1) is 10.2. The molecule has 0 fully saturated rings. The summed E-state index contributed by atoms with van der Waals surface area (Å²) < 4.78 is 2.24. The van der Waals surface area contributed by atoms with Crippen molar-refractivity contribution < 1.29 is 5.11 Å². The van der Waals surface area contributed by atoms with Crippen LogP contribution in [0.15, 0.2) is 61.2 Å². The molecule has 0 amide bonds. The van der Waals surface area contributed by atoms with Crippen molar-refractivity contribution in [1.29, 1.82) is 0 Å². The summed E-state index contributed by atoms with van der Waals surface area (Å²) in [5.41, 5.74) is 4.41. The molecule has 1 heterocycles. The molecular weight excluding hydrogens is 258 g/mol. The van der Waals surface area contributed by atoms with Gasteiger partial charge in [0, 0.05) is 17.6 Å². The fourth-order valence-electron chi connectivity index (χ4n) is 2.79. The van der Waals surface area contributed by atoms with Gasteiger partial charge in [-0.05, 0) is 36.6 Å². The minimum atomic E-state index is 0.377. The Labute approximate surface area is 125 Å². The zero-order valence-electron chi connectivity index (χ0n) is 12.2. The number of allylic oxidation sites excluding steroid dienone is 1. The van der Waals surface area contributed by atoms with E-state index in [1.165, 1.54) is 5.56 Å². The van der Waals surface area contributed by atoms with Crippen LogP contribution in [-0.4, -0.2) is 9.67 Å². The lowest BCUT2D eigenvalue weighted by molar-refractivity contribution is 0.476. The summed E-state index contributed by atoms with van der Waals surface area (Å²) in [6, 6.07) is 16.5. The van der Waals surface area contributed by atoms with Gasteiger partial charge in [0.15, 0.2) is 0 Å². The van der Waals surface area contributed by atoms with Crippen molar-refractivity contribution >= 4 is 10.9 Å². The number of hydrogen-bond acceptors (Lipinski definition) is 1. The molecule has 0 saturated heterocycles. The molecule has 1 N–H and O–H groups in total. The van der Waals surface area contributed by atoms with Gasteiger partial charge in [-0.15, -0.1) is 6.58 Å². The van der Waals surface area contributed by atoms with Gasteiger partial charge in [0.25, 0.3) is 0 Å². The molecule has 3 rings (SSSR count). The molecule has 3 aromatic rings. The number of phenolic OH excluding ortho intramolecular Hbond substituents is 1. The molecule has 2 heteroatoms. The van der Waals surface area contributed by atoms with Crippen LogP contribution in [0.5, 0.6) is 5.75 Å². The van der Waals surface area contributed by atoms with E-state index >= 15 is 0 Å². The number of aromatic nitrogens is 1. The van der Waals surface area contributed by atoms with Gasteiger partial charge < -0.3 is 9.67 Å². The standard InChI is InChI=1S/C19H19NO/c1-3-7-16-10-11-18-17(19(16)21)12-14(2)20(18)13-15-8-5-4-6-9-15/h3-6,8-12,21H,1,7,13H2,2H3. The monoisotopic (exact) mass is 277 g/mol. The topological polar surface area (TPSA) is 25.2 Å². The highest BCUT2D eigenvalue weighted by atomic mass is 16.3. The number of hydrogen-bond donors (Lipinski definition) is 1. The van der Waals surface area contributed by atoms with Crippen LogP contribution in [0.3, 0.4) is 0 Å². The number of rotatable bonds is 4. The molecule has 106 valence electrons. The van der Waals surface area contributed by atoms with Gasteiger partial charge in [-0.25, -0.2) is 0 Å². The Hall–Kier alpha value is -2.48. The molecule has 1 aromatic heterocycles. The van der Waals surface area contributed by atoms with Gasteiger partial charge >= 0.3 is 0 Å². The SMILES string of the molecule is C=CCc1ccc2c(cc(C)n2Cc2ccccc2)c1O. The van der Waals surface area contributed by atoms with Gasteiger partial charge in [0.05, 0.1) is 5.52 Å². The van der Waals surface area contributed by atoms with Gasteiger partial charge in [-0.1, -0.05) is 42.5 Å². The summed E-state index contributed by atoms with van der Waals surface area (Å²) in [6.45, 7) is 6.63. The highest BCUT2D eigenvalue weighted by Gasteiger charge is 2.12. The summed E-state index contributed by atoms with van der Waals surface area (Å²) in [5, 5.41) is 11.3. The highest BCUT2D eigenvalue weighted by Crippen LogP contribution is 2.32. The number of nitrogens with zero attached hydrogens (tertiary/aromatic N) is 1. The number of aromatic hydroxyl groups is 1. The lowest BCUT2D eigenvalue weighted by atomic mass is 10.1. The molecule has 0 atom stereocenters. The van der Waals surface area contributed by atoms with E-state index in [4.69, 9.17) is 0 Å². The molecule has 0 aliphatic heterocycles. The molecule has 0 aliphatic rings. The van der Waals surface area contributed by atoms with E-state index in [1.807, 2.05) is 18.2 Å².